The lowest BCUT2D eigenvalue weighted by molar-refractivity contribution is -0.121. The third kappa shape index (κ3) is 3.63. The van der Waals surface area contributed by atoms with Crippen molar-refractivity contribution in [2.24, 2.45) is 5.92 Å². The molecule has 0 aliphatic carbocycles. The van der Waals surface area contributed by atoms with E-state index in [-0.39, 0.29) is 16.8 Å². The van der Waals surface area contributed by atoms with Gasteiger partial charge in [-0.15, -0.1) is 0 Å². The van der Waals surface area contributed by atoms with Crippen LogP contribution in [-0.2, 0) is 4.79 Å². The molecule has 0 saturated heterocycles. The van der Waals surface area contributed by atoms with Crippen molar-refractivity contribution in [3.05, 3.63) is 35.9 Å². The molecule has 2 nitrogen and oxygen atoms in total. The molecule has 0 aliphatic rings. The Morgan fingerprint density at radius 2 is 1.75 bits per heavy atom. The van der Waals surface area contributed by atoms with Gasteiger partial charge in [0, 0.05) is 0 Å². The van der Waals surface area contributed by atoms with Crippen LogP contribution in [0.15, 0.2) is 30.3 Å². The highest BCUT2D eigenvalue weighted by Crippen LogP contribution is 2.16. The van der Waals surface area contributed by atoms with Crippen LogP contribution in [0.25, 0.3) is 0 Å². The maximum atomic E-state index is 11.8. The molecular weight excluding hydrogens is 266 g/mol. The van der Waals surface area contributed by atoms with Crippen LogP contribution in [0.5, 0.6) is 0 Å². The molecule has 0 spiro atoms. The van der Waals surface area contributed by atoms with E-state index < -0.39 is 0 Å². The number of carbonyl (C=O) groups excluding carboxylic acids is 1. The minimum Gasteiger partial charge on any atom is -0.349 e. The topological polar surface area (TPSA) is 29.1 Å². The second-order valence-electron chi connectivity index (χ2n) is 4.29. The monoisotopic (exact) mass is 283 g/mol. The van der Waals surface area contributed by atoms with Crippen LogP contribution in [0.3, 0.4) is 0 Å². The minimum atomic E-state index is -0.126. The molecule has 1 N–H and O–H groups in total. The van der Waals surface area contributed by atoms with Crippen molar-refractivity contribution in [2.45, 2.75) is 31.6 Å². The van der Waals surface area contributed by atoms with Crippen molar-refractivity contribution in [1.29, 1.82) is 0 Å². The molecule has 1 amide bonds. The number of hydrogen-bond acceptors (Lipinski definition) is 1. The van der Waals surface area contributed by atoms with Crippen molar-refractivity contribution in [3.8, 4) is 0 Å². The molecule has 0 aromatic heterocycles. The third-order valence-corrected chi connectivity index (χ3v) is 3.97. The Kier molecular flexibility index (Phi) is 5.00. The first kappa shape index (κ1) is 13.2. The van der Waals surface area contributed by atoms with Gasteiger partial charge in [-0.2, -0.15) is 0 Å². The van der Waals surface area contributed by atoms with Gasteiger partial charge in [-0.05, 0) is 18.4 Å². The largest absolute Gasteiger partial charge is 0.349 e. The molecule has 1 aromatic carbocycles. The highest BCUT2D eigenvalue weighted by atomic mass is 79.9. The van der Waals surface area contributed by atoms with Gasteiger partial charge in [0.2, 0.25) is 5.91 Å². The lowest BCUT2D eigenvalue weighted by Gasteiger charge is -2.18. The molecule has 3 heteroatoms. The summed E-state index contributed by atoms with van der Waals surface area (Å²) < 4.78 is 0. The average Bonchev–Trinajstić information content (AvgIpc) is 2.28. The number of rotatable bonds is 4. The Balaban J connectivity index is 2.58. The third-order valence-electron chi connectivity index (χ3n) is 2.49. The van der Waals surface area contributed by atoms with Crippen LogP contribution < -0.4 is 5.32 Å². The van der Waals surface area contributed by atoms with E-state index in [4.69, 9.17) is 0 Å². The zero-order valence-corrected chi connectivity index (χ0v) is 11.5. The Morgan fingerprint density at radius 1 is 1.19 bits per heavy atom. The average molecular weight is 284 g/mol. The SMILES string of the molecule is CC(NC(=O)C(Br)C(C)C)c1ccccc1. The fourth-order valence-corrected chi connectivity index (χ4v) is 1.55. The van der Waals surface area contributed by atoms with Gasteiger partial charge in [0.15, 0.2) is 0 Å². The maximum absolute atomic E-state index is 11.8. The first-order valence-corrected chi connectivity index (χ1v) is 6.43. The number of hydrogen-bond donors (Lipinski definition) is 1. The van der Waals surface area contributed by atoms with Crippen LogP contribution in [-0.4, -0.2) is 10.7 Å². The predicted octanol–water partition coefficient (Wildman–Crippen LogP) is 3.28. The number of benzene rings is 1. The predicted molar refractivity (Wildman–Crippen MR) is 70.6 cm³/mol. The molecule has 0 saturated carbocycles. The number of amides is 1. The summed E-state index contributed by atoms with van der Waals surface area (Å²) in [5.41, 5.74) is 1.12. The standard InChI is InChI=1S/C13H18BrNO/c1-9(2)12(14)13(16)15-10(3)11-7-5-4-6-8-11/h4-10,12H,1-3H3,(H,15,16). The van der Waals surface area contributed by atoms with E-state index in [1.54, 1.807) is 0 Å². The fraction of sp³-hybridized carbons (Fsp3) is 0.462. The molecule has 16 heavy (non-hydrogen) atoms. The van der Waals surface area contributed by atoms with E-state index in [2.05, 4.69) is 21.2 Å². The van der Waals surface area contributed by atoms with Crippen molar-refractivity contribution in [3.63, 3.8) is 0 Å². The molecular formula is C13H18BrNO. The molecule has 0 fully saturated rings. The second kappa shape index (κ2) is 6.04. The summed E-state index contributed by atoms with van der Waals surface area (Å²) >= 11 is 3.40. The number of halogens is 1. The van der Waals surface area contributed by atoms with Gasteiger partial charge in [0.05, 0.1) is 10.9 Å². The number of nitrogens with one attached hydrogen (secondary N) is 1. The lowest BCUT2D eigenvalue weighted by Crippen LogP contribution is -2.35. The molecule has 2 unspecified atom stereocenters. The van der Waals surface area contributed by atoms with Crippen LogP contribution in [0.4, 0.5) is 0 Å². The Labute approximate surface area is 106 Å². The quantitative estimate of drug-likeness (QED) is 0.845. The van der Waals surface area contributed by atoms with E-state index in [0.717, 1.165) is 5.56 Å². The van der Waals surface area contributed by atoms with E-state index in [0.29, 0.717) is 5.92 Å². The van der Waals surface area contributed by atoms with Crippen LogP contribution in [0.2, 0.25) is 0 Å². The highest BCUT2D eigenvalue weighted by molar-refractivity contribution is 9.10. The van der Waals surface area contributed by atoms with Crippen LogP contribution in [0, 0.1) is 5.92 Å². The Bertz CT molecular complexity index is 337. The van der Waals surface area contributed by atoms with Gasteiger partial charge < -0.3 is 5.32 Å². The van der Waals surface area contributed by atoms with E-state index in [1.165, 1.54) is 0 Å². The van der Waals surface area contributed by atoms with Crippen LogP contribution >= 0.6 is 15.9 Å². The molecule has 0 bridgehead atoms. The highest BCUT2D eigenvalue weighted by Gasteiger charge is 2.20. The van der Waals surface area contributed by atoms with E-state index in [9.17, 15) is 4.79 Å². The number of carbonyl (C=O) groups is 1. The van der Waals surface area contributed by atoms with Crippen molar-refractivity contribution in [2.75, 3.05) is 0 Å². The zero-order chi connectivity index (χ0) is 12.1. The summed E-state index contributed by atoms with van der Waals surface area (Å²) in [5.74, 6) is 0.342. The summed E-state index contributed by atoms with van der Waals surface area (Å²) in [7, 11) is 0. The van der Waals surface area contributed by atoms with Gasteiger partial charge in [-0.25, -0.2) is 0 Å². The summed E-state index contributed by atoms with van der Waals surface area (Å²) in [6.07, 6.45) is 0. The fourth-order valence-electron chi connectivity index (χ4n) is 1.42. The Hall–Kier alpha value is -0.830. The maximum Gasteiger partial charge on any atom is 0.234 e. The lowest BCUT2D eigenvalue weighted by atomic mass is 10.1. The second-order valence-corrected chi connectivity index (χ2v) is 5.27. The van der Waals surface area contributed by atoms with Gasteiger partial charge in [-0.1, -0.05) is 60.1 Å². The van der Waals surface area contributed by atoms with E-state index >= 15 is 0 Å². The molecule has 1 aromatic rings. The molecule has 88 valence electrons. The van der Waals surface area contributed by atoms with Gasteiger partial charge in [0.25, 0.3) is 0 Å². The summed E-state index contributed by atoms with van der Waals surface area (Å²) in [6.45, 7) is 6.03. The van der Waals surface area contributed by atoms with E-state index in [1.807, 2.05) is 51.1 Å². The smallest absolute Gasteiger partial charge is 0.234 e. The Morgan fingerprint density at radius 3 is 2.25 bits per heavy atom. The summed E-state index contributed by atoms with van der Waals surface area (Å²) in [5, 5.41) is 2.99. The number of alkyl halides is 1. The van der Waals surface area contributed by atoms with Crippen molar-refractivity contribution in [1.82, 2.24) is 5.32 Å². The van der Waals surface area contributed by atoms with Crippen molar-refractivity contribution < 1.29 is 4.79 Å². The van der Waals surface area contributed by atoms with Gasteiger partial charge in [0.1, 0.15) is 0 Å². The first-order chi connectivity index (χ1) is 7.52. The normalized spacial score (nSPS) is 14.6. The molecule has 0 aliphatic heterocycles. The van der Waals surface area contributed by atoms with Gasteiger partial charge in [-0.3, -0.25) is 4.79 Å². The summed E-state index contributed by atoms with van der Waals surface area (Å²) in [4.78, 5) is 11.7. The first-order valence-electron chi connectivity index (χ1n) is 5.51. The molecule has 1 rings (SSSR count). The van der Waals surface area contributed by atoms with Crippen molar-refractivity contribution >= 4 is 21.8 Å². The van der Waals surface area contributed by atoms with Gasteiger partial charge >= 0.3 is 0 Å². The molecule has 0 heterocycles. The summed E-state index contributed by atoms with van der Waals surface area (Å²) in [6, 6.07) is 10.0. The zero-order valence-electron chi connectivity index (χ0n) is 9.91. The molecule has 0 radical (unpaired) electrons. The van der Waals surface area contributed by atoms with Crippen LogP contribution in [0.1, 0.15) is 32.4 Å². The molecule has 2 atom stereocenters. The minimum absolute atomic E-state index is 0.0475.